The second-order valence-electron chi connectivity index (χ2n) is 9.69. The van der Waals surface area contributed by atoms with Crippen LogP contribution in [0.15, 0.2) is 60.9 Å². The normalized spacial score (nSPS) is 14.6. The maximum atomic E-state index is 9.24. The number of aliphatic hydroxyl groups is 1. The highest BCUT2D eigenvalue weighted by atomic mass is 16.5. The smallest absolute Gasteiger partial charge is 0.147 e. The Morgan fingerprint density at radius 2 is 1.73 bits per heavy atom. The quantitative estimate of drug-likeness (QED) is 0.362. The van der Waals surface area contributed by atoms with Gasteiger partial charge in [-0.1, -0.05) is 36.3 Å². The first kappa shape index (κ1) is 24.8. The van der Waals surface area contributed by atoms with Gasteiger partial charge < -0.3 is 25.0 Å². The molecule has 1 aliphatic heterocycles. The Bertz CT molecular complexity index is 1410. The maximum absolute atomic E-state index is 9.24. The molecule has 5 rings (SSSR count). The highest BCUT2D eigenvalue weighted by molar-refractivity contribution is 6.03. The van der Waals surface area contributed by atoms with Crippen LogP contribution in [-0.2, 0) is 0 Å². The number of nitrogens with zero attached hydrogens (tertiary/aromatic N) is 4. The highest BCUT2D eigenvalue weighted by Gasteiger charge is 2.23. The molecule has 0 amide bonds. The molecular formula is C30H33N5O2. The Labute approximate surface area is 217 Å². The van der Waals surface area contributed by atoms with Crippen LogP contribution in [0, 0.1) is 17.8 Å². The molecule has 4 aromatic rings. The van der Waals surface area contributed by atoms with Crippen LogP contribution in [0.3, 0.4) is 0 Å². The van der Waals surface area contributed by atoms with Crippen molar-refractivity contribution in [2.45, 2.75) is 32.7 Å². The van der Waals surface area contributed by atoms with Crippen molar-refractivity contribution in [3.8, 4) is 34.5 Å². The van der Waals surface area contributed by atoms with Gasteiger partial charge in [0.05, 0.1) is 12.0 Å². The average Bonchev–Trinajstić information content (AvgIpc) is 3.25. The summed E-state index contributed by atoms with van der Waals surface area (Å²) >= 11 is 0. The predicted octanol–water partition coefficient (Wildman–Crippen LogP) is 5.11. The van der Waals surface area contributed by atoms with Crippen LogP contribution >= 0.6 is 0 Å². The van der Waals surface area contributed by atoms with Crippen LogP contribution < -0.4 is 10.5 Å². The summed E-state index contributed by atoms with van der Waals surface area (Å²) in [5.41, 5.74) is 10.1. The predicted molar refractivity (Wildman–Crippen MR) is 147 cm³/mol. The molecule has 1 aliphatic rings. The fraction of sp³-hybridized carbons (Fsp3) is 0.333. The Balaban J connectivity index is 1.55. The van der Waals surface area contributed by atoms with E-state index < -0.39 is 0 Å². The second-order valence-corrected chi connectivity index (χ2v) is 9.69. The zero-order valence-corrected chi connectivity index (χ0v) is 21.4. The van der Waals surface area contributed by atoms with Crippen molar-refractivity contribution in [1.29, 1.82) is 0 Å². The summed E-state index contributed by atoms with van der Waals surface area (Å²) in [5.74, 6) is 9.41. The molecule has 37 heavy (non-hydrogen) atoms. The number of hydrogen-bond acceptors (Lipinski definition) is 6. The summed E-state index contributed by atoms with van der Waals surface area (Å²) in [7, 11) is 0. The van der Waals surface area contributed by atoms with E-state index in [0.29, 0.717) is 11.7 Å². The van der Waals surface area contributed by atoms with Crippen LogP contribution in [-0.4, -0.2) is 50.8 Å². The number of rotatable bonds is 6. The highest BCUT2D eigenvalue weighted by Crippen LogP contribution is 2.39. The number of aromatic nitrogens is 3. The summed E-state index contributed by atoms with van der Waals surface area (Å²) < 4.78 is 8.18. The zero-order valence-electron chi connectivity index (χ0n) is 21.4. The van der Waals surface area contributed by atoms with Gasteiger partial charge in [0, 0.05) is 24.1 Å². The SMILES string of the molecule is CC(C)n1c(C#CC2CCN(CCO)CC2)c(-c2ccc(Oc3ccccc3)cc2)c2c(N)ncnc21. The number of ether oxygens (including phenoxy) is 1. The van der Waals surface area contributed by atoms with Crippen LogP contribution in [0.2, 0.25) is 0 Å². The Morgan fingerprint density at radius 3 is 2.41 bits per heavy atom. The van der Waals surface area contributed by atoms with Crippen molar-refractivity contribution in [2.24, 2.45) is 5.92 Å². The minimum atomic E-state index is 0.141. The summed E-state index contributed by atoms with van der Waals surface area (Å²) in [6.45, 7) is 7.12. The summed E-state index contributed by atoms with van der Waals surface area (Å²) in [4.78, 5) is 11.2. The molecule has 1 fully saturated rings. The topological polar surface area (TPSA) is 89.4 Å². The van der Waals surface area contributed by atoms with Crippen molar-refractivity contribution in [1.82, 2.24) is 19.4 Å². The van der Waals surface area contributed by atoms with Crippen LogP contribution in [0.25, 0.3) is 22.2 Å². The van der Waals surface area contributed by atoms with Gasteiger partial charge in [-0.3, -0.25) is 0 Å². The zero-order chi connectivity index (χ0) is 25.8. The number of piperidine rings is 1. The molecule has 0 saturated carbocycles. The Kier molecular flexibility index (Phi) is 7.40. The van der Waals surface area contributed by atoms with E-state index >= 15 is 0 Å². The van der Waals surface area contributed by atoms with Gasteiger partial charge in [0.1, 0.15) is 35.0 Å². The summed E-state index contributed by atoms with van der Waals surface area (Å²) in [6, 6.07) is 17.9. The number of fused-ring (bicyclic) bond motifs is 1. The average molecular weight is 496 g/mol. The van der Waals surface area contributed by atoms with Crippen molar-refractivity contribution in [3.63, 3.8) is 0 Å². The number of benzene rings is 2. The number of likely N-dealkylation sites (tertiary alicyclic amines) is 1. The summed E-state index contributed by atoms with van der Waals surface area (Å²) in [6.07, 6.45) is 3.51. The number of hydrogen-bond donors (Lipinski definition) is 2. The molecule has 0 radical (unpaired) electrons. The number of β-amino-alcohol motifs (C(OH)–C–C–N with tert-alkyl or cyclic N) is 1. The summed E-state index contributed by atoms with van der Waals surface area (Å²) in [5, 5.41) is 10.1. The van der Waals surface area contributed by atoms with E-state index in [4.69, 9.17) is 10.5 Å². The number of anilines is 1. The number of nitrogens with two attached hydrogens (primary N) is 1. The second kappa shape index (κ2) is 11.0. The molecule has 2 aromatic carbocycles. The van der Waals surface area contributed by atoms with Crippen molar-refractivity contribution < 1.29 is 9.84 Å². The molecule has 2 aromatic heterocycles. The minimum Gasteiger partial charge on any atom is -0.457 e. The molecular weight excluding hydrogens is 462 g/mol. The van der Waals surface area contributed by atoms with Gasteiger partial charge >= 0.3 is 0 Å². The molecule has 0 bridgehead atoms. The van der Waals surface area contributed by atoms with Gasteiger partial charge in [-0.05, 0) is 75.5 Å². The standard InChI is InChI=1S/C30H33N5O2/c1-21(2)35-26(13-8-22-14-16-34(17-15-22)18-19-36)27(28-29(31)32-20-33-30(28)35)23-9-11-25(12-10-23)37-24-6-4-3-5-7-24/h3-7,9-12,20-22,36H,14-19H2,1-2H3,(H2,31,32,33). The van der Waals surface area contributed by atoms with Gasteiger partial charge in [-0.15, -0.1) is 0 Å². The molecule has 0 atom stereocenters. The first-order valence-electron chi connectivity index (χ1n) is 12.9. The van der Waals surface area contributed by atoms with E-state index in [9.17, 15) is 5.11 Å². The number of para-hydroxylation sites is 1. The molecule has 0 spiro atoms. The van der Waals surface area contributed by atoms with Crippen molar-refractivity contribution in [2.75, 3.05) is 32.0 Å². The Morgan fingerprint density at radius 1 is 1.03 bits per heavy atom. The van der Waals surface area contributed by atoms with Crippen LogP contribution in [0.5, 0.6) is 11.5 Å². The molecule has 3 heterocycles. The van der Waals surface area contributed by atoms with Crippen LogP contribution in [0.1, 0.15) is 38.4 Å². The third-order valence-electron chi connectivity index (χ3n) is 6.85. The molecule has 190 valence electrons. The van der Waals surface area contributed by atoms with E-state index in [0.717, 1.165) is 71.8 Å². The van der Waals surface area contributed by atoms with E-state index in [-0.39, 0.29) is 12.6 Å². The third-order valence-corrected chi connectivity index (χ3v) is 6.85. The number of aliphatic hydroxyl groups excluding tert-OH is 1. The molecule has 7 heteroatoms. The first-order valence-corrected chi connectivity index (χ1v) is 12.9. The molecule has 0 unspecified atom stereocenters. The lowest BCUT2D eigenvalue weighted by Crippen LogP contribution is -2.35. The largest absolute Gasteiger partial charge is 0.457 e. The number of nitrogen functional groups attached to an aromatic ring is 1. The lowest BCUT2D eigenvalue weighted by molar-refractivity contribution is 0.161. The van der Waals surface area contributed by atoms with Gasteiger partial charge in [0.2, 0.25) is 0 Å². The fourth-order valence-electron chi connectivity index (χ4n) is 4.99. The van der Waals surface area contributed by atoms with Crippen molar-refractivity contribution >= 4 is 16.9 Å². The maximum Gasteiger partial charge on any atom is 0.147 e. The van der Waals surface area contributed by atoms with E-state index in [2.05, 4.69) is 45.1 Å². The lowest BCUT2D eigenvalue weighted by atomic mass is 9.96. The minimum absolute atomic E-state index is 0.141. The molecule has 1 saturated heterocycles. The Hall–Kier alpha value is -3.86. The fourth-order valence-corrected chi connectivity index (χ4v) is 4.99. The molecule has 0 aliphatic carbocycles. The van der Waals surface area contributed by atoms with E-state index in [1.807, 2.05) is 54.6 Å². The lowest BCUT2D eigenvalue weighted by Gasteiger charge is -2.28. The molecule has 3 N–H and O–H groups in total. The molecule has 7 nitrogen and oxygen atoms in total. The van der Waals surface area contributed by atoms with E-state index in [1.54, 1.807) is 0 Å². The third kappa shape index (κ3) is 5.31. The van der Waals surface area contributed by atoms with Crippen LogP contribution in [0.4, 0.5) is 5.82 Å². The van der Waals surface area contributed by atoms with E-state index in [1.165, 1.54) is 6.33 Å². The first-order chi connectivity index (χ1) is 18.0. The van der Waals surface area contributed by atoms with Crippen molar-refractivity contribution in [3.05, 3.63) is 66.6 Å². The van der Waals surface area contributed by atoms with Gasteiger partial charge in [-0.25, -0.2) is 9.97 Å². The van der Waals surface area contributed by atoms with Gasteiger partial charge in [-0.2, -0.15) is 0 Å². The monoisotopic (exact) mass is 495 g/mol. The van der Waals surface area contributed by atoms with Gasteiger partial charge in [0.15, 0.2) is 0 Å². The van der Waals surface area contributed by atoms with Gasteiger partial charge in [0.25, 0.3) is 0 Å².